The number of fused-ring (bicyclic) bond motifs is 2. The Kier molecular flexibility index (Phi) is 2.42. The van der Waals surface area contributed by atoms with Gasteiger partial charge in [-0.25, -0.2) is 9.69 Å². The number of aromatic nitrogens is 1. The van der Waals surface area contributed by atoms with Crippen LogP contribution in [0.15, 0.2) is 35.1 Å². The van der Waals surface area contributed by atoms with E-state index in [-0.39, 0.29) is 11.9 Å². The lowest BCUT2D eigenvalue weighted by Crippen LogP contribution is -2.39. The van der Waals surface area contributed by atoms with Crippen molar-refractivity contribution in [3.63, 3.8) is 0 Å². The number of anilines is 1. The maximum absolute atomic E-state index is 12.6. The van der Waals surface area contributed by atoms with E-state index in [1.54, 1.807) is 11.8 Å². The molecule has 2 aliphatic rings. The maximum atomic E-state index is 12.6. The first kappa shape index (κ1) is 12.1. The van der Waals surface area contributed by atoms with Crippen molar-refractivity contribution < 1.29 is 14.1 Å². The molecule has 1 unspecified atom stereocenters. The molecule has 0 spiro atoms. The first-order valence-corrected chi connectivity index (χ1v) is 6.79. The summed E-state index contributed by atoms with van der Waals surface area (Å²) in [5, 5.41) is 3.75. The minimum Gasteiger partial charge on any atom is -0.362 e. The molecule has 0 radical (unpaired) electrons. The first-order valence-electron chi connectivity index (χ1n) is 6.79. The average Bonchev–Trinajstić information content (AvgIpc) is 3.00. The molecule has 2 aliphatic heterocycles. The zero-order valence-electron chi connectivity index (χ0n) is 11.4. The third kappa shape index (κ3) is 1.62. The number of carbonyl (C=O) groups excluding carboxylic acids is 2. The largest absolute Gasteiger partial charge is 0.362 e. The van der Waals surface area contributed by atoms with E-state index in [2.05, 4.69) is 5.16 Å². The van der Waals surface area contributed by atoms with Crippen molar-refractivity contribution in [2.75, 3.05) is 4.90 Å². The third-order valence-electron chi connectivity index (χ3n) is 4.16. The molecular formula is C15H13N3O3. The summed E-state index contributed by atoms with van der Waals surface area (Å²) in [5.41, 5.74) is 3.19. The van der Waals surface area contributed by atoms with Gasteiger partial charge < -0.3 is 9.42 Å². The van der Waals surface area contributed by atoms with Gasteiger partial charge in [-0.2, -0.15) is 0 Å². The van der Waals surface area contributed by atoms with Crippen LogP contribution >= 0.6 is 0 Å². The highest BCUT2D eigenvalue weighted by Gasteiger charge is 2.48. The number of carbonyl (C=O) groups is 2. The lowest BCUT2D eigenvalue weighted by Gasteiger charge is -2.28. The lowest BCUT2D eigenvalue weighted by molar-refractivity contribution is -0.120. The van der Waals surface area contributed by atoms with Gasteiger partial charge in [-0.3, -0.25) is 4.79 Å². The molecule has 6 nitrogen and oxygen atoms in total. The molecule has 3 heterocycles. The number of hydrogen-bond donors (Lipinski definition) is 0. The molecule has 2 aromatic rings. The monoisotopic (exact) mass is 283 g/mol. The van der Waals surface area contributed by atoms with Crippen LogP contribution in [-0.2, 0) is 17.8 Å². The molecule has 0 bridgehead atoms. The molecule has 0 N–H and O–H groups in total. The third-order valence-corrected chi connectivity index (χ3v) is 4.16. The van der Waals surface area contributed by atoms with E-state index in [9.17, 15) is 9.59 Å². The number of hydrogen-bond acceptors (Lipinski definition) is 4. The molecule has 1 atom stereocenters. The van der Waals surface area contributed by atoms with Gasteiger partial charge in [0.2, 0.25) is 0 Å². The van der Waals surface area contributed by atoms with Gasteiger partial charge >= 0.3 is 6.03 Å². The molecule has 1 aromatic carbocycles. The Hall–Kier alpha value is -2.63. The van der Waals surface area contributed by atoms with Gasteiger partial charge in [0.25, 0.3) is 5.91 Å². The van der Waals surface area contributed by atoms with E-state index in [0.29, 0.717) is 24.3 Å². The fraction of sp³-hybridized carbons (Fsp3) is 0.267. The number of urea groups is 1. The average molecular weight is 283 g/mol. The minimum atomic E-state index is -0.429. The number of nitrogens with zero attached hydrogens (tertiary/aromatic N) is 3. The summed E-state index contributed by atoms with van der Waals surface area (Å²) in [5.74, 6) is -0.208. The predicted octanol–water partition coefficient (Wildman–Crippen LogP) is 1.88. The van der Waals surface area contributed by atoms with E-state index in [4.69, 9.17) is 4.52 Å². The van der Waals surface area contributed by atoms with Crippen LogP contribution in [0.2, 0.25) is 0 Å². The molecule has 0 aliphatic carbocycles. The molecular weight excluding hydrogens is 270 g/mol. The number of amides is 3. The van der Waals surface area contributed by atoms with Crippen LogP contribution in [0.5, 0.6) is 0 Å². The van der Waals surface area contributed by atoms with E-state index >= 15 is 0 Å². The quantitative estimate of drug-likeness (QED) is 0.749. The summed E-state index contributed by atoms with van der Waals surface area (Å²) in [7, 11) is 0. The van der Waals surface area contributed by atoms with Crippen molar-refractivity contribution in [3.8, 4) is 0 Å². The van der Waals surface area contributed by atoms with Crippen molar-refractivity contribution in [2.45, 2.75) is 25.9 Å². The molecule has 6 heteroatoms. The van der Waals surface area contributed by atoms with Gasteiger partial charge in [0.1, 0.15) is 23.7 Å². The lowest BCUT2D eigenvalue weighted by atomic mass is 9.95. The molecule has 0 saturated carbocycles. The number of imide groups is 1. The highest BCUT2D eigenvalue weighted by Crippen LogP contribution is 2.33. The second-order valence-corrected chi connectivity index (χ2v) is 5.36. The van der Waals surface area contributed by atoms with E-state index in [1.165, 1.54) is 11.2 Å². The highest BCUT2D eigenvalue weighted by atomic mass is 16.5. The Morgan fingerprint density at radius 2 is 2.00 bits per heavy atom. The topological polar surface area (TPSA) is 66.7 Å². The van der Waals surface area contributed by atoms with Crippen molar-refractivity contribution in [2.24, 2.45) is 0 Å². The Balaban J connectivity index is 1.75. The predicted molar refractivity (Wildman–Crippen MR) is 73.6 cm³/mol. The summed E-state index contributed by atoms with van der Waals surface area (Å²) in [6.07, 6.45) is 1.90. The minimum absolute atomic E-state index is 0.208. The fourth-order valence-electron chi connectivity index (χ4n) is 3.04. The van der Waals surface area contributed by atoms with Gasteiger partial charge in [0.05, 0.1) is 0 Å². The van der Waals surface area contributed by atoms with Crippen LogP contribution in [0.1, 0.15) is 16.8 Å². The van der Waals surface area contributed by atoms with Crippen molar-refractivity contribution in [1.82, 2.24) is 10.1 Å². The molecule has 1 saturated heterocycles. The number of aryl methyl sites for hydroxylation is 1. The maximum Gasteiger partial charge on any atom is 0.332 e. The van der Waals surface area contributed by atoms with Gasteiger partial charge in [-0.15, -0.1) is 0 Å². The molecule has 3 amide bonds. The van der Waals surface area contributed by atoms with Crippen LogP contribution in [0.25, 0.3) is 0 Å². The standard InChI is InChI=1S/C15H13N3O3/c1-9-13(8-21-16-9)18-14(19)12-6-10-4-2-3-5-11(10)7-17(12)15(18)20/h2-5,8,12H,6-7H2,1H3. The Labute approximate surface area is 120 Å². The molecule has 1 aromatic heterocycles. The van der Waals surface area contributed by atoms with Crippen molar-refractivity contribution in [1.29, 1.82) is 0 Å². The molecule has 21 heavy (non-hydrogen) atoms. The smallest absolute Gasteiger partial charge is 0.332 e. The van der Waals surface area contributed by atoms with Crippen LogP contribution in [-0.4, -0.2) is 28.0 Å². The van der Waals surface area contributed by atoms with Crippen molar-refractivity contribution in [3.05, 3.63) is 47.3 Å². The Morgan fingerprint density at radius 3 is 2.71 bits per heavy atom. The van der Waals surface area contributed by atoms with Crippen LogP contribution in [0.4, 0.5) is 10.5 Å². The summed E-state index contributed by atoms with van der Waals surface area (Å²) in [4.78, 5) is 28.0. The second-order valence-electron chi connectivity index (χ2n) is 5.36. The van der Waals surface area contributed by atoms with Gasteiger partial charge in [0.15, 0.2) is 0 Å². The summed E-state index contributed by atoms with van der Waals surface area (Å²) in [6, 6.07) is 7.18. The van der Waals surface area contributed by atoms with Crippen LogP contribution < -0.4 is 4.90 Å². The number of rotatable bonds is 1. The number of benzene rings is 1. The van der Waals surface area contributed by atoms with Gasteiger partial charge in [0, 0.05) is 13.0 Å². The Morgan fingerprint density at radius 1 is 1.24 bits per heavy atom. The molecule has 1 fully saturated rings. The van der Waals surface area contributed by atoms with Crippen molar-refractivity contribution >= 4 is 17.6 Å². The zero-order chi connectivity index (χ0) is 14.6. The van der Waals surface area contributed by atoms with Gasteiger partial charge in [-0.1, -0.05) is 29.4 Å². The molecule has 4 rings (SSSR count). The fourth-order valence-corrected chi connectivity index (χ4v) is 3.04. The SMILES string of the molecule is Cc1nocc1N1C(=O)C2Cc3ccccc3CN2C1=O. The summed E-state index contributed by atoms with van der Waals surface area (Å²) >= 11 is 0. The highest BCUT2D eigenvalue weighted by molar-refractivity contribution is 6.21. The van der Waals surface area contributed by atoms with E-state index in [1.807, 2.05) is 24.3 Å². The second kappa shape index (κ2) is 4.18. The first-order chi connectivity index (χ1) is 10.2. The summed E-state index contributed by atoms with van der Waals surface area (Å²) in [6.45, 7) is 2.18. The van der Waals surface area contributed by atoms with Gasteiger partial charge in [-0.05, 0) is 18.1 Å². The summed E-state index contributed by atoms with van der Waals surface area (Å²) < 4.78 is 4.85. The van der Waals surface area contributed by atoms with Crippen LogP contribution in [0.3, 0.4) is 0 Å². The Bertz CT molecular complexity index is 709. The normalized spacial score (nSPS) is 20.7. The van der Waals surface area contributed by atoms with Crippen LogP contribution in [0, 0.1) is 6.92 Å². The molecule has 106 valence electrons. The zero-order valence-corrected chi connectivity index (χ0v) is 11.4. The van der Waals surface area contributed by atoms with E-state index in [0.717, 1.165) is 11.1 Å². The van der Waals surface area contributed by atoms with E-state index < -0.39 is 6.04 Å².